The van der Waals surface area contributed by atoms with Gasteiger partial charge < -0.3 is 13.4 Å². The molecule has 0 unspecified atom stereocenters. The van der Waals surface area contributed by atoms with Gasteiger partial charge in [0.25, 0.3) is 0 Å². The molecule has 0 amide bonds. The summed E-state index contributed by atoms with van der Waals surface area (Å²) in [6.07, 6.45) is 8.19. The maximum absolute atomic E-state index is 6.69. The number of hydrogen-bond donors (Lipinski definition) is 0. The molecule has 7 aromatic carbocycles. The lowest BCUT2D eigenvalue weighted by Crippen LogP contribution is -2.04. The summed E-state index contributed by atoms with van der Waals surface area (Å²) in [5.74, 6) is 1.89. The zero-order chi connectivity index (χ0) is 36.0. The van der Waals surface area contributed by atoms with Crippen molar-refractivity contribution in [3.63, 3.8) is 0 Å². The van der Waals surface area contributed by atoms with Crippen molar-refractivity contribution in [1.82, 2.24) is 19.5 Å². The van der Waals surface area contributed by atoms with Gasteiger partial charge in [0.1, 0.15) is 22.3 Å². The Morgan fingerprint density at radius 1 is 0.473 bits per heavy atom. The Kier molecular flexibility index (Phi) is 6.36. The molecule has 11 aromatic rings. The van der Waals surface area contributed by atoms with Gasteiger partial charge in [-0.25, -0.2) is 15.0 Å². The van der Waals surface area contributed by atoms with E-state index in [2.05, 4.69) is 120 Å². The standard InChI is InChI=1S/C49H30N4O2/c1-2-12-29(13-3-1)47-50-48(36-18-10-22-42-45(36)34-17-7-9-21-41(34)54-42)52-49(51-47)37-19-11-23-43-46(37)35-25-24-32(28-44(35)55-43)53-39-20-8-6-16-33(39)38-26-30-14-4-5-15-31(30)27-40(38)53/h1-2,4-12,14-28H,3,13H2. The predicted molar refractivity (Wildman–Crippen MR) is 223 cm³/mol. The van der Waals surface area contributed by atoms with Crippen molar-refractivity contribution >= 4 is 82.0 Å². The van der Waals surface area contributed by atoms with E-state index in [0.29, 0.717) is 17.5 Å². The van der Waals surface area contributed by atoms with Crippen molar-refractivity contribution in [1.29, 1.82) is 0 Å². The number of para-hydroxylation sites is 2. The normalized spacial score (nSPS) is 13.3. The minimum atomic E-state index is 0.604. The first-order valence-corrected chi connectivity index (χ1v) is 18.7. The van der Waals surface area contributed by atoms with Crippen molar-refractivity contribution in [3.8, 4) is 28.5 Å². The highest BCUT2D eigenvalue weighted by atomic mass is 16.3. The zero-order valence-corrected chi connectivity index (χ0v) is 29.5. The highest BCUT2D eigenvalue weighted by Crippen LogP contribution is 2.41. The van der Waals surface area contributed by atoms with Crippen LogP contribution < -0.4 is 0 Å². The number of hydrogen-bond acceptors (Lipinski definition) is 5. The summed E-state index contributed by atoms with van der Waals surface area (Å²) in [6.45, 7) is 0. The molecule has 0 saturated heterocycles. The zero-order valence-electron chi connectivity index (χ0n) is 29.5. The molecule has 6 heteroatoms. The number of aromatic nitrogens is 4. The third-order valence-electron chi connectivity index (χ3n) is 11.1. The lowest BCUT2D eigenvalue weighted by Gasteiger charge is -2.12. The maximum atomic E-state index is 6.69. The average Bonchev–Trinajstić information content (AvgIpc) is 3.92. The smallest absolute Gasteiger partial charge is 0.164 e. The fraction of sp³-hybridized carbons (Fsp3) is 0.0408. The first-order chi connectivity index (χ1) is 27.2. The van der Waals surface area contributed by atoms with Crippen LogP contribution >= 0.6 is 0 Å². The fourth-order valence-electron chi connectivity index (χ4n) is 8.58. The molecule has 0 aliphatic heterocycles. The second kappa shape index (κ2) is 11.6. The molecular weight excluding hydrogens is 677 g/mol. The van der Waals surface area contributed by atoms with Crippen LogP contribution in [0.15, 0.2) is 167 Å². The van der Waals surface area contributed by atoms with Gasteiger partial charge in [-0.3, -0.25) is 0 Å². The van der Waals surface area contributed by atoms with Crippen molar-refractivity contribution in [3.05, 3.63) is 164 Å². The van der Waals surface area contributed by atoms with Crippen LogP contribution in [0.3, 0.4) is 0 Å². The monoisotopic (exact) mass is 706 g/mol. The van der Waals surface area contributed by atoms with Crippen LogP contribution in [0.25, 0.3) is 110 Å². The van der Waals surface area contributed by atoms with Crippen molar-refractivity contribution < 1.29 is 8.83 Å². The van der Waals surface area contributed by atoms with Crippen LogP contribution in [0.1, 0.15) is 18.7 Å². The number of furan rings is 2. The molecule has 1 aliphatic carbocycles. The fourth-order valence-corrected chi connectivity index (χ4v) is 8.58. The minimum absolute atomic E-state index is 0.604. The van der Waals surface area contributed by atoms with Gasteiger partial charge in [0.15, 0.2) is 17.5 Å². The largest absolute Gasteiger partial charge is 0.456 e. The summed E-state index contributed by atoms with van der Waals surface area (Å²) in [4.78, 5) is 15.6. The van der Waals surface area contributed by atoms with Crippen LogP contribution in [0.2, 0.25) is 0 Å². The molecule has 258 valence electrons. The number of rotatable bonds is 4. The maximum Gasteiger partial charge on any atom is 0.164 e. The topological polar surface area (TPSA) is 69.9 Å². The lowest BCUT2D eigenvalue weighted by atomic mass is 10.0. The van der Waals surface area contributed by atoms with Crippen LogP contribution in [-0.4, -0.2) is 19.5 Å². The Hall–Kier alpha value is -7.31. The van der Waals surface area contributed by atoms with Crippen LogP contribution in [0, 0.1) is 0 Å². The molecule has 6 nitrogen and oxygen atoms in total. The van der Waals surface area contributed by atoms with Crippen molar-refractivity contribution in [2.75, 3.05) is 0 Å². The number of fused-ring (bicyclic) bond motifs is 10. The SMILES string of the molecule is C1=CCCC(c2nc(-c3cccc4oc5ccccc5c34)nc(-c3cccc4oc5cc(-n6c7ccccc7c7cc8ccccc8cc76)ccc5c34)n2)=C1. The third-order valence-corrected chi connectivity index (χ3v) is 11.1. The Bertz CT molecular complexity index is 3450. The summed E-state index contributed by atoms with van der Waals surface area (Å²) in [5.41, 5.74) is 9.47. The van der Waals surface area contributed by atoms with Crippen molar-refractivity contribution in [2.45, 2.75) is 12.8 Å². The van der Waals surface area contributed by atoms with E-state index in [0.717, 1.165) is 90.1 Å². The number of benzene rings is 7. The van der Waals surface area contributed by atoms with E-state index >= 15 is 0 Å². The van der Waals surface area contributed by atoms with E-state index in [4.69, 9.17) is 23.8 Å². The average molecular weight is 707 g/mol. The van der Waals surface area contributed by atoms with Crippen LogP contribution in [0.5, 0.6) is 0 Å². The Labute approximate surface area is 314 Å². The molecule has 12 rings (SSSR count). The van der Waals surface area contributed by atoms with Gasteiger partial charge >= 0.3 is 0 Å². The molecule has 0 spiro atoms. The highest BCUT2D eigenvalue weighted by Gasteiger charge is 2.22. The predicted octanol–water partition coefficient (Wildman–Crippen LogP) is 13.0. The van der Waals surface area contributed by atoms with Gasteiger partial charge in [-0.1, -0.05) is 103 Å². The van der Waals surface area contributed by atoms with E-state index in [1.165, 1.54) is 21.5 Å². The van der Waals surface area contributed by atoms with E-state index in [-0.39, 0.29) is 0 Å². The van der Waals surface area contributed by atoms with Crippen molar-refractivity contribution in [2.24, 2.45) is 0 Å². The number of allylic oxidation sites excluding steroid dienone is 4. The van der Waals surface area contributed by atoms with Crippen LogP contribution in [-0.2, 0) is 0 Å². The Morgan fingerprint density at radius 3 is 1.87 bits per heavy atom. The molecule has 0 bridgehead atoms. The van der Waals surface area contributed by atoms with E-state index in [1.807, 2.05) is 42.5 Å². The summed E-state index contributed by atoms with van der Waals surface area (Å²) >= 11 is 0. The van der Waals surface area contributed by atoms with E-state index in [1.54, 1.807) is 0 Å². The second-order valence-corrected chi connectivity index (χ2v) is 14.3. The van der Waals surface area contributed by atoms with Crippen LogP contribution in [0.4, 0.5) is 0 Å². The second-order valence-electron chi connectivity index (χ2n) is 14.3. The summed E-state index contributed by atoms with van der Waals surface area (Å²) < 4.78 is 15.3. The molecule has 0 saturated carbocycles. The minimum Gasteiger partial charge on any atom is -0.456 e. The summed E-state index contributed by atoms with van der Waals surface area (Å²) in [6, 6.07) is 48.7. The third kappa shape index (κ3) is 4.58. The first-order valence-electron chi connectivity index (χ1n) is 18.7. The molecule has 4 heterocycles. The van der Waals surface area contributed by atoms with Gasteiger partial charge in [-0.2, -0.15) is 0 Å². The molecule has 0 N–H and O–H groups in total. The van der Waals surface area contributed by atoms with E-state index in [9.17, 15) is 0 Å². The van der Waals surface area contributed by atoms with Gasteiger partial charge in [0.2, 0.25) is 0 Å². The molecule has 55 heavy (non-hydrogen) atoms. The molecule has 4 aromatic heterocycles. The lowest BCUT2D eigenvalue weighted by molar-refractivity contribution is 0.668. The molecule has 1 aliphatic rings. The Balaban J connectivity index is 1.07. The van der Waals surface area contributed by atoms with Gasteiger partial charge in [0, 0.05) is 55.2 Å². The van der Waals surface area contributed by atoms with Gasteiger partial charge in [-0.15, -0.1) is 0 Å². The molecular formula is C49H30N4O2. The highest BCUT2D eigenvalue weighted by molar-refractivity contribution is 6.16. The molecule has 0 atom stereocenters. The van der Waals surface area contributed by atoms with Gasteiger partial charge in [-0.05, 0) is 77.7 Å². The summed E-state index contributed by atoms with van der Waals surface area (Å²) in [5, 5.41) is 8.90. The first kappa shape index (κ1) is 30.2. The molecule has 0 fully saturated rings. The summed E-state index contributed by atoms with van der Waals surface area (Å²) in [7, 11) is 0. The van der Waals surface area contributed by atoms with Gasteiger partial charge in [0.05, 0.1) is 11.0 Å². The number of nitrogens with zero attached hydrogens (tertiary/aromatic N) is 4. The Morgan fingerprint density at radius 2 is 1.11 bits per heavy atom. The van der Waals surface area contributed by atoms with E-state index < -0.39 is 0 Å². The quantitative estimate of drug-likeness (QED) is 0.182. The molecule has 0 radical (unpaired) electrons.